The normalized spacial score (nSPS) is 23.4. The Morgan fingerprint density at radius 1 is 0.852 bits per heavy atom. The molecular formula is C45H52O9. The Hall–Kier alpha value is -4.44. The monoisotopic (exact) mass is 736 g/mol. The molecule has 54 heavy (non-hydrogen) atoms. The first kappa shape index (κ1) is 36.5. The summed E-state index contributed by atoms with van der Waals surface area (Å²) in [6.45, 7) is 3.38. The van der Waals surface area contributed by atoms with Crippen LogP contribution in [0.5, 0.6) is 34.5 Å². The maximum absolute atomic E-state index is 12.5. The number of fused-ring (bicyclic) bond motifs is 4. The summed E-state index contributed by atoms with van der Waals surface area (Å²) in [7, 11) is 1.68. The van der Waals surface area contributed by atoms with Crippen molar-refractivity contribution in [2.45, 2.75) is 95.5 Å². The molecule has 0 spiro atoms. The molecule has 4 aromatic carbocycles. The highest BCUT2D eigenvalue weighted by molar-refractivity contribution is 5.72. The zero-order valence-electron chi connectivity index (χ0n) is 31.3. The molecule has 286 valence electrons. The molecular weight excluding hydrogens is 684 g/mol. The van der Waals surface area contributed by atoms with Crippen LogP contribution in [0.2, 0.25) is 0 Å². The van der Waals surface area contributed by atoms with E-state index in [9.17, 15) is 20.4 Å². The Morgan fingerprint density at radius 2 is 1.69 bits per heavy atom. The molecule has 0 amide bonds. The van der Waals surface area contributed by atoms with Gasteiger partial charge >= 0.3 is 0 Å². The van der Waals surface area contributed by atoms with Crippen molar-refractivity contribution in [3.8, 4) is 45.6 Å². The predicted molar refractivity (Wildman–Crippen MR) is 205 cm³/mol. The Labute approximate surface area is 317 Å². The highest BCUT2D eigenvalue weighted by Crippen LogP contribution is 2.53. The molecule has 3 aliphatic heterocycles. The summed E-state index contributed by atoms with van der Waals surface area (Å²) in [6, 6.07) is 18.7. The van der Waals surface area contributed by atoms with Crippen molar-refractivity contribution >= 4 is 0 Å². The molecule has 3 heterocycles. The van der Waals surface area contributed by atoms with E-state index in [1.165, 1.54) is 0 Å². The van der Waals surface area contributed by atoms with Gasteiger partial charge in [0.1, 0.15) is 40.6 Å². The van der Waals surface area contributed by atoms with Crippen LogP contribution in [0.4, 0.5) is 0 Å². The van der Waals surface area contributed by atoms with Gasteiger partial charge in [0, 0.05) is 54.2 Å². The summed E-state index contributed by atoms with van der Waals surface area (Å²) < 4.78 is 31.4. The van der Waals surface area contributed by atoms with Gasteiger partial charge in [0.25, 0.3) is 0 Å². The van der Waals surface area contributed by atoms with E-state index in [4.69, 9.17) is 23.7 Å². The Balaban J connectivity index is 1.19. The average Bonchev–Trinajstić information content (AvgIpc) is 3.69. The first-order chi connectivity index (χ1) is 26.3. The fraction of sp³-hybridized carbons (Fsp3) is 0.467. The number of hydrogen-bond donors (Lipinski definition) is 4. The minimum Gasteiger partial charge on any atom is -0.508 e. The Morgan fingerprint density at radius 3 is 2.48 bits per heavy atom. The number of aromatic hydroxyl groups is 2. The maximum Gasteiger partial charge on any atom is 0.128 e. The van der Waals surface area contributed by atoms with E-state index in [-0.39, 0.29) is 30.3 Å². The van der Waals surface area contributed by atoms with Crippen LogP contribution in [0.3, 0.4) is 0 Å². The molecule has 0 unspecified atom stereocenters. The van der Waals surface area contributed by atoms with E-state index in [1.807, 2.05) is 49.4 Å². The molecule has 8 rings (SSSR count). The molecule has 1 fully saturated rings. The van der Waals surface area contributed by atoms with Gasteiger partial charge in [-0.15, -0.1) is 0 Å². The lowest BCUT2D eigenvalue weighted by Gasteiger charge is -2.45. The Bertz CT molecular complexity index is 1970. The number of aliphatic hydroxyl groups is 2. The van der Waals surface area contributed by atoms with Gasteiger partial charge in [-0.1, -0.05) is 19.1 Å². The largest absolute Gasteiger partial charge is 0.508 e. The third-order valence-corrected chi connectivity index (χ3v) is 11.9. The number of phenolic OH excluding ortho intramolecular Hbond substituents is 2. The molecule has 0 bridgehead atoms. The summed E-state index contributed by atoms with van der Waals surface area (Å²) in [5.74, 6) is 2.13. The van der Waals surface area contributed by atoms with Gasteiger partial charge in [0.15, 0.2) is 0 Å². The van der Waals surface area contributed by atoms with Crippen molar-refractivity contribution in [1.82, 2.24) is 0 Å². The zero-order chi connectivity index (χ0) is 37.3. The molecule has 1 aliphatic carbocycles. The second kappa shape index (κ2) is 15.7. The molecule has 9 nitrogen and oxygen atoms in total. The van der Waals surface area contributed by atoms with E-state index >= 15 is 0 Å². The standard InChI is InChI=1S/C45H52O9/c1-3-26-22-34(27-9-6-10-30(46)20-27)28(23-37(26)47)19-29-21-32(53-31-11-4-5-12-31)24-35-43(48)36(25-52-45(29)35)42-39(14-8-17-50-2)54-40-16-15-38-33(13-7-18-51-38)41(40)44(42)49/h6,9-10,15-16,20-24,31,36,39,42-44,46-49H,3-5,7-8,11-14,17-19,25H2,1-2H3/t36-,39+,42+,43-,44+/m1/s1. The summed E-state index contributed by atoms with van der Waals surface area (Å²) >= 11 is 0. The summed E-state index contributed by atoms with van der Waals surface area (Å²) in [6.07, 6.45) is 6.09. The van der Waals surface area contributed by atoms with Gasteiger partial charge in [0.05, 0.1) is 31.5 Å². The lowest BCUT2D eigenvalue weighted by molar-refractivity contribution is -0.0894. The average molecular weight is 737 g/mol. The molecule has 0 saturated heterocycles. The molecule has 9 heteroatoms. The van der Waals surface area contributed by atoms with Gasteiger partial charge in [-0.25, -0.2) is 0 Å². The van der Waals surface area contributed by atoms with Crippen molar-refractivity contribution in [3.05, 3.63) is 94.0 Å². The molecule has 1 saturated carbocycles. The number of benzene rings is 4. The van der Waals surface area contributed by atoms with Crippen molar-refractivity contribution in [3.63, 3.8) is 0 Å². The van der Waals surface area contributed by atoms with Gasteiger partial charge in [0.2, 0.25) is 0 Å². The summed E-state index contributed by atoms with van der Waals surface area (Å²) in [5.41, 5.74) is 6.60. The van der Waals surface area contributed by atoms with Crippen molar-refractivity contribution in [2.24, 2.45) is 11.8 Å². The Kier molecular flexibility index (Phi) is 10.6. The number of aryl methyl sites for hydroxylation is 1. The number of aliphatic hydroxyl groups excluding tert-OH is 2. The van der Waals surface area contributed by atoms with Crippen molar-refractivity contribution in [2.75, 3.05) is 26.9 Å². The molecule has 4 aliphatic rings. The zero-order valence-corrected chi connectivity index (χ0v) is 31.3. The van der Waals surface area contributed by atoms with Crippen LogP contribution >= 0.6 is 0 Å². The van der Waals surface area contributed by atoms with Crippen LogP contribution in [0.15, 0.2) is 60.7 Å². The summed E-state index contributed by atoms with van der Waals surface area (Å²) in [4.78, 5) is 0. The van der Waals surface area contributed by atoms with Gasteiger partial charge < -0.3 is 44.1 Å². The number of ether oxygens (including phenoxy) is 5. The third kappa shape index (κ3) is 7.09. The smallest absolute Gasteiger partial charge is 0.128 e. The number of methoxy groups -OCH3 is 1. The second-order valence-electron chi connectivity index (χ2n) is 15.4. The van der Waals surface area contributed by atoms with Crippen LogP contribution in [0, 0.1) is 11.8 Å². The molecule has 5 atom stereocenters. The number of hydrogen-bond acceptors (Lipinski definition) is 9. The minimum absolute atomic E-state index is 0.0905. The van der Waals surface area contributed by atoms with Crippen LogP contribution in [0.25, 0.3) is 11.1 Å². The predicted octanol–water partition coefficient (Wildman–Crippen LogP) is 8.14. The van der Waals surface area contributed by atoms with Gasteiger partial charge in [-0.3, -0.25) is 0 Å². The quantitative estimate of drug-likeness (QED) is 0.113. The first-order valence-corrected chi connectivity index (χ1v) is 19.7. The SMILES string of the molecule is CCc1cc(-c2cccc(O)c2)c(Cc2cc(OC3CCCC3)cc3c2OC[C@H]([C@H]2[C@H](CCCOC)Oc4ccc5c(c4[C@@H]2O)CCCO5)[C@@H]3O)cc1O. The minimum atomic E-state index is -0.980. The van der Waals surface area contributed by atoms with Crippen LogP contribution < -0.4 is 18.9 Å². The fourth-order valence-corrected chi connectivity index (χ4v) is 9.25. The topological polar surface area (TPSA) is 127 Å². The molecule has 0 radical (unpaired) electrons. The van der Waals surface area contributed by atoms with E-state index in [1.54, 1.807) is 25.3 Å². The lowest BCUT2D eigenvalue weighted by atomic mass is 9.71. The molecule has 4 aromatic rings. The number of phenols is 2. The molecule has 4 N–H and O–H groups in total. The maximum atomic E-state index is 12.5. The molecule has 0 aromatic heterocycles. The van der Waals surface area contributed by atoms with Crippen LogP contribution in [-0.4, -0.2) is 59.6 Å². The fourth-order valence-electron chi connectivity index (χ4n) is 9.25. The van der Waals surface area contributed by atoms with E-state index in [0.29, 0.717) is 55.3 Å². The van der Waals surface area contributed by atoms with Crippen molar-refractivity contribution in [1.29, 1.82) is 0 Å². The third-order valence-electron chi connectivity index (χ3n) is 11.9. The van der Waals surface area contributed by atoms with Crippen LogP contribution in [0.1, 0.15) is 97.5 Å². The van der Waals surface area contributed by atoms with E-state index in [0.717, 1.165) is 89.6 Å². The van der Waals surface area contributed by atoms with Crippen LogP contribution in [-0.2, 0) is 24.0 Å². The highest BCUT2D eigenvalue weighted by atomic mass is 16.5. The second-order valence-corrected chi connectivity index (χ2v) is 15.4. The lowest BCUT2D eigenvalue weighted by Crippen LogP contribution is -2.46. The van der Waals surface area contributed by atoms with Gasteiger partial charge in [-0.05, 0) is 129 Å². The first-order valence-electron chi connectivity index (χ1n) is 19.7. The van der Waals surface area contributed by atoms with E-state index in [2.05, 4.69) is 0 Å². The summed E-state index contributed by atoms with van der Waals surface area (Å²) in [5, 5.41) is 46.3. The van der Waals surface area contributed by atoms with E-state index < -0.39 is 24.0 Å². The highest BCUT2D eigenvalue weighted by Gasteiger charge is 2.48. The van der Waals surface area contributed by atoms with Crippen molar-refractivity contribution < 1.29 is 44.1 Å². The van der Waals surface area contributed by atoms with Gasteiger partial charge in [-0.2, -0.15) is 0 Å². The number of rotatable bonds is 11.